The first-order valence-electron chi connectivity index (χ1n) is 10.9. The summed E-state index contributed by atoms with van der Waals surface area (Å²) < 4.78 is 12.1. The molecule has 0 atom stereocenters. The van der Waals surface area contributed by atoms with Crippen molar-refractivity contribution in [3.8, 4) is 11.5 Å². The Morgan fingerprint density at radius 2 is 1.90 bits per heavy atom. The van der Waals surface area contributed by atoms with E-state index in [-0.39, 0.29) is 11.7 Å². The second-order valence-corrected chi connectivity index (χ2v) is 8.99. The molecule has 2 aromatic carbocycles. The van der Waals surface area contributed by atoms with Gasteiger partial charge in [0, 0.05) is 37.4 Å². The molecule has 2 aliphatic heterocycles. The van der Waals surface area contributed by atoms with Crippen LogP contribution in [-0.2, 0) is 4.79 Å². The molecule has 1 saturated heterocycles. The number of nitrogens with zero attached hydrogens (tertiary/aromatic N) is 1. The van der Waals surface area contributed by atoms with Crippen LogP contribution in [0, 0.1) is 13.8 Å². The van der Waals surface area contributed by atoms with Gasteiger partial charge in [0.15, 0.2) is 5.78 Å². The fourth-order valence-electron chi connectivity index (χ4n) is 4.34. The molecule has 0 N–H and O–H groups in total. The monoisotopic (exact) mass is 441 g/mol. The number of aryl methyl sites for hydroxylation is 2. The quantitative estimate of drug-likeness (QED) is 0.602. The number of halogens is 1. The minimum Gasteiger partial charge on any atom is -0.493 e. The van der Waals surface area contributed by atoms with Gasteiger partial charge < -0.3 is 14.4 Å². The maximum absolute atomic E-state index is 12.7. The lowest BCUT2D eigenvalue weighted by atomic mass is 9.82. The molecule has 2 aromatic rings. The first kappa shape index (κ1) is 21.7. The molecule has 1 amide bonds. The Morgan fingerprint density at radius 3 is 2.65 bits per heavy atom. The van der Waals surface area contributed by atoms with Crippen LogP contribution in [-0.4, -0.2) is 41.9 Å². The summed E-state index contributed by atoms with van der Waals surface area (Å²) in [7, 11) is 0. The van der Waals surface area contributed by atoms with E-state index in [1.165, 1.54) is 0 Å². The molecule has 2 aliphatic rings. The molecule has 0 unspecified atom stereocenters. The molecule has 0 aliphatic carbocycles. The van der Waals surface area contributed by atoms with Crippen molar-refractivity contribution in [1.82, 2.24) is 4.90 Å². The molecular formula is C25H28ClNO4. The third-order valence-corrected chi connectivity index (χ3v) is 6.69. The Morgan fingerprint density at radius 1 is 1.16 bits per heavy atom. The van der Waals surface area contributed by atoms with Gasteiger partial charge in [-0.05, 0) is 49.6 Å². The average molecular weight is 442 g/mol. The average Bonchev–Trinajstić information content (AvgIpc) is 2.74. The number of rotatable bonds is 5. The Bertz CT molecular complexity index is 995. The van der Waals surface area contributed by atoms with Crippen LogP contribution in [0.15, 0.2) is 36.4 Å². The van der Waals surface area contributed by atoms with Crippen LogP contribution in [0.1, 0.15) is 53.6 Å². The van der Waals surface area contributed by atoms with E-state index in [0.29, 0.717) is 68.1 Å². The Hall–Kier alpha value is -2.53. The number of amides is 1. The number of ether oxygens (including phenoxy) is 2. The van der Waals surface area contributed by atoms with Crippen molar-refractivity contribution in [3.05, 3.63) is 58.1 Å². The van der Waals surface area contributed by atoms with Gasteiger partial charge in [0.2, 0.25) is 5.91 Å². The van der Waals surface area contributed by atoms with Gasteiger partial charge in [0.05, 0.1) is 18.6 Å². The van der Waals surface area contributed by atoms with Crippen molar-refractivity contribution in [3.63, 3.8) is 0 Å². The minimum atomic E-state index is -0.519. The molecule has 164 valence electrons. The number of carbonyl (C=O) groups excluding carboxylic acids is 2. The largest absolute Gasteiger partial charge is 0.493 e. The van der Waals surface area contributed by atoms with Crippen LogP contribution in [0.5, 0.6) is 11.5 Å². The zero-order valence-corrected chi connectivity index (χ0v) is 18.8. The van der Waals surface area contributed by atoms with Crippen LogP contribution in [0.25, 0.3) is 0 Å². The van der Waals surface area contributed by atoms with Gasteiger partial charge in [-0.15, -0.1) is 0 Å². The van der Waals surface area contributed by atoms with Gasteiger partial charge in [-0.3, -0.25) is 9.59 Å². The summed E-state index contributed by atoms with van der Waals surface area (Å²) in [6.45, 7) is 5.64. The standard InChI is InChI=1S/C25H28ClNO4/c1-17-6-3-4-7-22(17)30-13-5-8-24(29)27-11-9-25(10-12-27)16-21(28)19-15-20(26)18(2)14-23(19)31-25/h3-4,6-7,14-15H,5,8-13,16H2,1-2H3. The van der Waals surface area contributed by atoms with Gasteiger partial charge in [0.25, 0.3) is 0 Å². The zero-order chi connectivity index (χ0) is 22.0. The summed E-state index contributed by atoms with van der Waals surface area (Å²) in [5.41, 5.74) is 2.03. The van der Waals surface area contributed by atoms with Crippen LogP contribution in [0.4, 0.5) is 0 Å². The third-order valence-electron chi connectivity index (χ3n) is 6.28. The number of benzene rings is 2. The number of Topliss-reactive ketones (excluding diaryl/α,β-unsaturated/α-hetero) is 1. The van der Waals surface area contributed by atoms with Crippen LogP contribution >= 0.6 is 11.6 Å². The van der Waals surface area contributed by atoms with Crippen molar-refractivity contribution in [2.45, 2.75) is 51.6 Å². The zero-order valence-electron chi connectivity index (χ0n) is 18.1. The van der Waals surface area contributed by atoms with Gasteiger partial charge >= 0.3 is 0 Å². The van der Waals surface area contributed by atoms with Crippen LogP contribution in [0.2, 0.25) is 5.02 Å². The summed E-state index contributed by atoms with van der Waals surface area (Å²) in [5, 5.41) is 0.582. The van der Waals surface area contributed by atoms with Gasteiger partial charge in [0.1, 0.15) is 17.1 Å². The van der Waals surface area contributed by atoms with E-state index in [1.807, 2.05) is 49.1 Å². The molecule has 31 heavy (non-hydrogen) atoms. The molecular weight excluding hydrogens is 414 g/mol. The van der Waals surface area contributed by atoms with E-state index in [4.69, 9.17) is 21.1 Å². The Balaban J connectivity index is 1.28. The number of hydrogen-bond donors (Lipinski definition) is 0. The summed E-state index contributed by atoms with van der Waals surface area (Å²) in [4.78, 5) is 27.2. The topological polar surface area (TPSA) is 55.8 Å². The van der Waals surface area contributed by atoms with E-state index in [9.17, 15) is 9.59 Å². The Labute approximate surface area is 188 Å². The normalized spacial score (nSPS) is 17.3. The molecule has 6 heteroatoms. The van der Waals surface area contributed by atoms with Gasteiger partial charge in [-0.2, -0.15) is 0 Å². The summed E-state index contributed by atoms with van der Waals surface area (Å²) >= 11 is 6.18. The SMILES string of the molecule is Cc1cc2c(cc1Cl)C(=O)CC1(CCN(C(=O)CCCOc3ccccc3C)CC1)O2. The van der Waals surface area contributed by atoms with Crippen molar-refractivity contribution < 1.29 is 19.1 Å². The molecule has 0 bridgehead atoms. The third kappa shape index (κ3) is 4.72. The highest BCUT2D eigenvalue weighted by Crippen LogP contribution is 2.41. The lowest BCUT2D eigenvalue weighted by molar-refractivity contribution is -0.135. The maximum atomic E-state index is 12.7. The number of para-hydroxylation sites is 1. The summed E-state index contributed by atoms with van der Waals surface area (Å²) in [6, 6.07) is 11.4. The fourth-order valence-corrected chi connectivity index (χ4v) is 4.50. The highest BCUT2D eigenvalue weighted by Gasteiger charge is 2.43. The predicted molar refractivity (Wildman–Crippen MR) is 120 cm³/mol. The number of fused-ring (bicyclic) bond motifs is 1. The van der Waals surface area contributed by atoms with Crippen LogP contribution in [0.3, 0.4) is 0 Å². The lowest BCUT2D eigenvalue weighted by Gasteiger charge is -2.44. The number of carbonyl (C=O) groups is 2. The molecule has 5 nitrogen and oxygen atoms in total. The molecule has 1 fully saturated rings. The number of piperidine rings is 1. The molecule has 2 heterocycles. The summed E-state index contributed by atoms with van der Waals surface area (Å²) in [6.07, 6.45) is 2.79. The first-order chi connectivity index (χ1) is 14.9. The number of hydrogen-bond acceptors (Lipinski definition) is 4. The smallest absolute Gasteiger partial charge is 0.222 e. The van der Waals surface area contributed by atoms with E-state index in [2.05, 4.69) is 0 Å². The fraction of sp³-hybridized carbons (Fsp3) is 0.440. The molecule has 4 rings (SSSR count). The van der Waals surface area contributed by atoms with Crippen molar-refractivity contribution in [1.29, 1.82) is 0 Å². The highest BCUT2D eigenvalue weighted by molar-refractivity contribution is 6.31. The number of likely N-dealkylation sites (tertiary alicyclic amines) is 1. The predicted octanol–water partition coefficient (Wildman–Crippen LogP) is 5.14. The second kappa shape index (κ2) is 8.91. The van der Waals surface area contributed by atoms with Crippen molar-refractivity contribution >= 4 is 23.3 Å². The molecule has 0 radical (unpaired) electrons. The van der Waals surface area contributed by atoms with Crippen molar-refractivity contribution in [2.24, 2.45) is 0 Å². The van der Waals surface area contributed by atoms with Crippen molar-refractivity contribution in [2.75, 3.05) is 19.7 Å². The van der Waals surface area contributed by atoms with E-state index in [1.54, 1.807) is 6.07 Å². The first-order valence-corrected chi connectivity index (χ1v) is 11.2. The Kier molecular flexibility index (Phi) is 6.24. The van der Waals surface area contributed by atoms with E-state index < -0.39 is 5.60 Å². The van der Waals surface area contributed by atoms with Gasteiger partial charge in [-0.25, -0.2) is 0 Å². The number of ketones is 1. The second-order valence-electron chi connectivity index (χ2n) is 8.58. The highest BCUT2D eigenvalue weighted by atomic mass is 35.5. The summed E-state index contributed by atoms with van der Waals surface area (Å²) in [5.74, 6) is 1.68. The molecule has 0 aromatic heterocycles. The minimum absolute atomic E-state index is 0.0660. The van der Waals surface area contributed by atoms with E-state index >= 15 is 0 Å². The molecule has 1 spiro atoms. The van der Waals surface area contributed by atoms with Crippen LogP contribution < -0.4 is 9.47 Å². The lowest BCUT2D eigenvalue weighted by Crippen LogP contribution is -2.52. The maximum Gasteiger partial charge on any atom is 0.222 e. The molecule has 0 saturated carbocycles. The van der Waals surface area contributed by atoms with Gasteiger partial charge in [-0.1, -0.05) is 29.8 Å². The van der Waals surface area contributed by atoms with E-state index in [0.717, 1.165) is 16.9 Å².